The number of hydrogen-bond acceptors (Lipinski definition) is 7. The molecule has 1 aliphatic rings. The number of nitrogens with zero attached hydrogens (tertiary/aromatic N) is 5. The maximum atomic E-state index is 9.09. The number of nitrogen functional groups attached to an aromatic ring is 1. The van der Waals surface area contributed by atoms with E-state index in [4.69, 9.17) is 10.8 Å². The lowest BCUT2D eigenvalue weighted by atomic mass is 10.1. The van der Waals surface area contributed by atoms with E-state index in [2.05, 4.69) is 52.4 Å². The summed E-state index contributed by atoms with van der Waals surface area (Å²) in [6.45, 7) is 15.2. The maximum Gasteiger partial charge on any atom is 0.157 e. The summed E-state index contributed by atoms with van der Waals surface area (Å²) in [7, 11) is 0. The van der Waals surface area contributed by atoms with E-state index in [1.165, 1.54) is 0 Å². The van der Waals surface area contributed by atoms with E-state index in [1.807, 2.05) is 0 Å². The summed E-state index contributed by atoms with van der Waals surface area (Å²) in [4.78, 5) is 15.8. The Bertz CT molecular complexity index is 518. The fourth-order valence-corrected chi connectivity index (χ4v) is 3.34. The van der Waals surface area contributed by atoms with E-state index in [-0.39, 0.29) is 6.61 Å². The van der Waals surface area contributed by atoms with Crippen molar-refractivity contribution in [2.75, 3.05) is 68.0 Å². The zero-order valence-electron chi connectivity index (χ0n) is 16.1. The van der Waals surface area contributed by atoms with Crippen LogP contribution in [0.1, 0.15) is 27.7 Å². The first-order valence-corrected chi connectivity index (χ1v) is 9.36. The third-order valence-electron chi connectivity index (χ3n) is 4.40. The minimum Gasteiger partial charge on any atom is -0.395 e. The number of hydrogen-bond donors (Lipinski definition) is 2. The Labute approximate surface area is 151 Å². The van der Waals surface area contributed by atoms with Crippen LogP contribution in [0.5, 0.6) is 0 Å². The number of aliphatic hydroxyl groups is 1. The molecule has 1 aromatic heterocycles. The van der Waals surface area contributed by atoms with E-state index in [0.717, 1.165) is 57.4 Å². The van der Waals surface area contributed by atoms with Gasteiger partial charge in [-0.25, -0.2) is 9.97 Å². The van der Waals surface area contributed by atoms with Crippen LogP contribution < -0.4 is 15.5 Å². The molecule has 1 aromatic rings. The summed E-state index contributed by atoms with van der Waals surface area (Å²) >= 11 is 0. The van der Waals surface area contributed by atoms with Crippen LogP contribution in [-0.4, -0.2) is 72.4 Å². The van der Waals surface area contributed by atoms with Crippen molar-refractivity contribution in [1.82, 2.24) is 14.9 Å². The van der Waals surface area contributed by atoms with Crippen molar-refractivity contribution >= 4 is 17.3 Å². The van der Waals surface area contributed by atoms with Crippen molar-refractivity contribution in [3.8, 4) is 0 Å². The molecule has 25 heavy (non-hydrogen) atoms. The molecule has 2 rings (SSSR count). The summed E-state index contributed by atoms with van der Waals surface area (Å²) in [6, 6.07) is 0. The van der Waals surface area contributed by atoms with Crippen molar-refractivity contribution in [3.05, 3.63) is 6.33 Å². The summed E-state index contributed by atoms with van der Waals surface area (Å²) in [6.07, 6.45) is 1.63. The van der Waals surface area contributed by atoms with E-state index in [9.17, 15) is 0 Å². The Balaban J connectivity index is 2.17. The second-order valence-electron chi connectivity index (χ2n) is 7.68. The molecule has 1 saturated heterocycles. The van der Waals surface area contributed by atoms with Crippen LogP contribution in [0.25, 0.3) is 0 Å². The van der Waals surface area contributed by atoms with Crippen molar-refractivity contribution < 1.29 is 5.11 Å². The Morgan fingerprint density at radius 3 is 2.20 bits per heavy atom. The van der Waals surface area contributed by atoms with Crippen LogP contribution in [-0.2, 0) is 0 Å². The van der Waals surface area contributed by atoms with Crippen LogP contribution in [0, 0.1) is 11.8 Å². The Hall–Kier alpha value is -1.60. The first kappa shape index (κ1) is 19.7. The smallest absolute Gasteiger partial charge is 0.157 e. The molecule has 0 amide bonds. The van der Waals surface area contributed by atoms with Gasteiger partial charge in [-0.2, -0.15) is 0 Å². The number of piperazine rings is 1. The summed E-state index contributed by atoms with van der Waals surface area (Å²) in [5.74, 6) is 2.77. The zero-order valence-corrected chi connectivity index (χ0v) is 16.1. The fourth-order valence-electron chi connectivity index (χ4n) is 3.34. The first-order chi connectivity index (χ1) is 11.9. The van der Waals surface area contributed by atoms with E-state index >= 15 is 0 Å². The molecule has 1 fully saturated rings. The van der Waals surface area contributed by atoms with Crippen molar-refractivity contribution in [1.29, 1.82) is 0 Å². The minimum atomic E-state index is 0.207. The largest absolute Gasteiger partial charge is 0.395 e. The monoisotopic (exact) mass is 350 g/mol. The lowest BCUT2D eigenvalue weighted by molar-refractivity contribution is 0.188. The lowest BCUT2D eigenvalue weighted by Crippen LogP contribution is -2.47. The highest BCUT2D eigenvalue weighted by Gasteiger charge is 2.23. The van der Waals surface area contributed by atoms with Gasteiger partial charge in [0.1, 0.15) is 12.0 Å². The van der Waals surface area contributed by atoms with Gasteiger partial charge in [0.15, 0.2) is 11.6 Å². The first-order valence-electron chi connectivity index (χ1n) is 9.36. The molecule has 7 nitrogen and oxygen atoms in total. The zero-order chi connectivity index (χ0) is 18.4. The van der Waals surface area contributed by atoms with Gasteiger partial charge in [-0.1, -0.05) is 27.7 Å². The predicted molar refractivity (Wildman–Crippen MR) is 104 cm³/mol. The highest BCUT2D eigenvalue weighted by atomic mass is 16.3. The molecule has 0 saturated carbocycles. The van der Waals surface area contributed by atoms with E-state index in [1.54, 1.807) is 6.33 Å². The van der Waals surface area contributed by atoms with Gasteiger partial charge < -0.3 is 20.6 Å². The molecule has 0 bridgehead atoms. The third kappa shape index (κ3) is 5.44. The molecular formula is C18H34N6O. The second-order valence-corrected chi connectivity index (χ2v) is 7.68. The van der Waals surface area contributed by atoms with Gasteiger partial charge in [-0.05, 0) is 11.8 Å². The molecule has 0 aliphatic carbocycles. The summed E-state index contributed by atoms with van der Waals surface area (Å²) < 4.78 is 0. The van der Waals surface area contributed by atoms with Crippen LogP contribution in [0.2, 0.25) is 0 Å². The van der Waals surface area contributed by atoms with E-state index in [0.29, 0.717) is 17.5 Å². The van der Waals surface area contributed by atoms with Gasteiger partial charge in [-0.3, -0.25) is 4.90 Å². The van der Waals surface area contributed by atoms with Gasteiger partial charge >= 0.3 is 0 Å². The van der Waals surface area contributed by atoms with Gasteiger partial charge in [0.25, 0.3) is 0 Å². The molecule has 2 heterocycles. The van der Waals surface area contributed by atoms with Gasteiger partial charge in [0.2, 0.25) is 0 Å². The van der Waals surface area contributed by atoms with Gasteiger partial charge in [0, 0.05) is 45.8 Å². The van der Waals surface area contributed by atoms with Gasteiger partial charge in [-0.15, -0.1) is 0 Å². The number of aliphatic hydroxyl groups excluding tert-OH is 1. The average molecular weight is 351 g/mol. The number of rotatable bonds is 8. The van der Waals surface area contributed by atoms with Crippen LogP contribution >= 0.6 is 0 Å². The predicted octanol–water partition coefficient (Wildman–Crippen LogP) is 1.29. The SMILES string of the molecule is CC(C)CN(CC(C)C)c1ncnc(N2CCN(CCO)CC2)c1N. The molecule has 0 atom stereocenters. The third-order valence-corrected chi connectivity index (χ3v) is 4.40. The molecule has 0 aromatic carbocycles. The van der Waals surface area contributed by atoms with Crippen LogP contribution in [0.15, 0.2) is 6.33 Å². The standard InChI is InChI=1S/C18H34N6O/c1-14(2)11-24(12-15(3)4)18-16(19)17(20-13-21-18)23-7-5-22(6-8-23)9-10-25/h13-15,25H,5-12,19H2,1-4H3. The van der Waals surface area contributed by atoms with Crippen molar-refractivity contribution in [2.24, 2.45) is 11.8 Å². The Morgan fingerprint density at radius 2 is 1.68 bits per heavy atom. The molecule has 142 valence electrons. The molecule has 0 unspecified atom stereocenters. The van der Waals surface area contributed by atoms with Crippen molar-refractivity contribution in [3.63, 3.8) is 0 Å². The minimum absolute atomic E-state index is 0.207. The molecule has 7 heteroatoms. The molecule has 3 N–H and O–H groups in total. The Morgan fingerprint density at radius 1 is 1.08 bits per heavy atom. The number of anilines is 3. The van der Waals surface area contributed by atoms with Gasteiger partial charge in [0.05, 0.1) is 6.61 Å². The Kier molecular flexibility index (Phi) is 7.25. The molecule has 0 radical (unpaired) electrons. The number of aromatic nitrogens is 2. The molecule has 1 aliphatic heterocycles. The highest BCUT2D eigenvalue weighted by molar-refractivity contribution is 5.75. The average Bonchev–Trinajstić information content (AvgIpc) is 2.55. The number of β-amino-alcohol motifs (C(OH)–C–C–N with tert-alkyl or cyclic N) is 1. The summed E-state index contributed by atoms with van der Waals surface area (Å²) in [5, 5.41) is 9.09. The molecule has 0 spiro atoms. The molecular weight excluding hydrogens is 316 g/mol. The highest BCUT2D eigenvalue weighted by Crippen LogP contribution is 2.30. The number of nitrogens with two attached hydrogens (primary N) is 1. The lowest BCUT2D eigenvalue weighted by Gasteiger charge is -2.36. The summed E-state index contributed by atoms with van der Waals surface area (Å²) in [5.41, 5.74) is 7.18. The van der Waals surface area contributed by atoms with E-state index < -0.39 is 0 Å². The second kappa shape index (κ2) is 9.20. The quantitative estimate of drug-likeness (QED) is 0.731. The van der Waals surface area contributed by atoms with Crippen LogP contribution in [0.3, 0.4) is 0 Å². The van der Waals surface area contributed by atoms with Crippen molar-refractivity contribution in [2.45, 2.75) is 27.7 Å². The fraction of sp³-hybridized carbons (Fsp3) is 0.778. The normalized spacial score (nSPS) is 16.0. The maximum absolute atomic E-state index is 9.09. The van der Waals surface area contributed by atoms with Crippen LogP contribution in [0.4, 0.5) is 17.3 Å². The topological polar surface area (TPSA) is 81.8 Å².